The molecular weight excluding hydrogens is 477 g/mol. The molecule has 2 aromatic carbocycles. The Morgan fingerprint density at radius 1 is 1.06 bits per heavy atom. The fourth-order valence-corrected chi connectivity index (χ4v) is 4.06. The molecule has 1 aliphatic heterocycles. The van der Waals surface area contributed by atoms with Crippen LogP contribution >= 0.6 is 23.2 Å². The van der Waals surface area contributed by atoms with Gasteiger partial charge in [0, 0.05) is 55.3 Å². The number of morpholine rings is 1. The number of hydrogen-bond acceptors (Lipinski definition) is 5. The molecule has 1 aliphatic rings. The summed E-state index contributed by atoms with van der Waals surface area (Å²) in [5, 5.41) is 11.3. The standard InChI is InChI=1S/C24H25Cl2N5O3/c1-16(32)28-23-15-21(17-2-5-19(25)6-3-17)29-31(23)22-7-4-18(14-20(22)26)24(33)27-8-9-30-10-12-34-13-11-30/h2-7,14-15H,8-13H2,1H3,(H,27,33)(H,28,32). The summed E-state index contributed by atoms with van der Waals surface area (Å²) in [5.41, 5.74) is 2.46. The lowest BCUT2D eigenvalue weighted by Crippen LogP contribution is -2.41. The van der Waals surface area contributed by atoms with Gasteiger partial charge in [0.05, 0.1) is 29.6 Å². The van der Waals surface area contributed by atoms with Crippen LogP contribution < -0.4 is 10.6 Å². The molecule has 178 valence electrons. The van der Waals surface area contributed by atoms with E-state index in [0.29, 0.717) is 39.4 Å². The Balaban J connectivity index is 1.52. The van der Waals surface area contributed by atoms with E-state index in [1.54, 1.807) is 41.1 Å². The quantitative estimate of drug-likeness (QED) is 0.512. The highest BCUT2D eigenvalue weighted by Gasteiger charge is 2.17. The molecule has 0 bridgehead atoms. The van der Waals surface area contributed by atoms with E-state index in [2.05, 4.69) is 20.6 Å². The van der Waals surface area contributed by atoms with Gasteiger partial charge in [-0.2, -0.15) is 5.10 Å². The fourth-order valence-electron chi connectivity index (χ4n) is 3.67. The normalized spacial score (nSPS) is 14.1. The average Bonchev–Trinajstić information content (AvgIpc) is 3.22. The second-order valence-electron chi connectivity index (χ2n) is 7.89. The molecule has 1 aromatic heterocycles. The summed E-state index contributed by atoms with van der Waals surface area (Å²) in [4.78, 5) is 26.6. The summed E-state index contributed by atoms with van der Waals surface area (Å²) in [6.07, 6.45) is 0. The monoisotopic (exact) mass is 501 g/mol. The SMILES string of the molecule is CC(=O)Nc1cc(-c2ccc(Cl)cc2)nn1-c1ccc(C(=O)NCCN2CCOCC2)cc1Cl. The van der Waals surface area contributed by atoms with Crippen LogP contribution in [0.15, 0.2) is 48.5 Å². The summed E-state index contributed by atoms with van der Waals surface area (Å²) < 4.78 is 6.89. The molecular formula is C24H25Cl2N5O3. The molecule has 0 saturated carbocycles. The first kappa shape index (κ1) is 24.2. The number of hydrogen-bond donors (Lipinski definition) is 2. The van der Waals surface area contributed by atoms with Crippen molar-refractivity contribution in [2.75, 3.05) is 44.7 Å². The van der Waals surface area contributed by atoms with Gasteiger partial charge < -0.3 is 15.4 Å². The van der Waals surface area contributed by atoms with E-state index >= 15 is 0 Å². The number of carbonyl (C=O) groups is 2. The zero-order valence-electron chi connectivity index (χ0n) is 18.7. The van der Waals surface area contributed by atoms with Crippen LogP contribution in [0.3, 0.4) is 0 Å². The average molecular weight is 502 g/mol. The predicted molar refractivity (Wildman–Crippen MR) is 133 cm³/mol. The van der Waals surface area contributed by atoms with Crippen LogP contribution in [0.2, 0.25) is 10.0 Å². The molecule has 34 heavy (non-hydrogen) atoms. The summed E-state index contributed by atoms with van der Waals surface area (Å²) in [5.74, 6) is 0.0179. The highest BCUT2D eigenvalue weighted by Crippen LogP contribution is 2.29. The molecule has 10 heteroatoms. The largest absolute Gasteiger partial charge is 0.379 e. The summed E-state index contributed by atoms with van der Waals surface area (Å²) in [7, 11) is 0. The van der Waals surface area contributed by atoms with Crippen molar-refractivity contribution in [1.29, 1.82) is 0 Å². The third-order valence-corrected chi connectivity index (χ3v) is 5.96. The highest BCUT2D eigenvalue weighted by atomic mass is 35.5. The highest BCUT2D eigenvalue weighted by molar-refractivity contribution is 6.32. The second-order valence-corrected chi connectivity index (χ2v) is 8.73. The number of anilines is 1. The lowest BCUT2D eigenvalue weighted by Gasteiger charge is -2.26. The maximum atomic E-state index is 12.6. The number of carbonyl (C=O) groups excluding carboxylic acids is 2. The van der Waals surface area contributed by atoms with E-state index in [1.807, 2.05) is 12.1 Å². The number of aromatic nitrogens is 2. The van der Waals surface area contributed by atoms with Crippen molar-refractivity contribution in [3.05, 3.63) is 64.1 Å². The van der Waals surface area contributed by atoms with E-state index in [1.165, 1.54) is 6.92 Å². The number of ether oxygens (including phenoxy) is 1. The molecule has 0 radical (unpaired) electrons. The van der Waals surface area contributed by atoms with Crippen LogP contribution in [0, 0.1) is 0 Å². The zero-order chi connectivity index (χ0) is 24.1. The lowest BCUT2D eigenvalue weighted by molar-refractivity contribution is -0.114. The van der Waals surface area contributed by atoms with Gasteiger partial charge in [0.2, 0.25) is 5.91 Å². The van der Waals surface area contributed by atoms with Crippen molar-refractivity contribution in [2.24, 2.45) is 0 Å². The molecule has 0 unspecified atom stereocenters. The van der Waals surface area contributed by atoms with E-state index in [0.717, 1.165) is 38.4 Å². The molecule has 2 heterocycles. The Morgan fingerprint density at radius 3 is 2.47 bits per heavy atom. The third-order valence-electron chi connectivity index (χ3n) is 5.41. The Hall–Kier alpha value is -2.91. The molecule has 4 rings (SSSR count). The van der Waals surface area contributed by atoms with E-state index in [4.69, 9.17) is 27.9 Å². The molecule has 1 saturated heterocycles. The van der Waals surface area contributed by atoms with Crippen LogP contribution in [0.1, 0.15) is 17.3 Å². The maximum Gasteiger partial charge on any atom is 0.251 e. The van der Waals surface area contributed by atoms with Gasteiger partial charge in [-0.05, 0) is 30.3 Å². The Morgan fingerprint density at radius 2 is 1.79 bits per heavy atom. The third kappa shape index (κ3) is 5.95. The zero-order valence-corrected chi connectivity index (χ0v) is 20.2. The number of nitrogens with one attached hydrogen (secondary N) is 2. The van der Waals surface area contributed by atoms with Gasteiger partial charge in [0.1, 0.15) is 5.82 Å². The van der Waals surface area contributed by atoms with Gasteiger partial charge in [-0.25, -0.2) is 4.68 Å². The van der Waals surface area contributed by atoms with Gasteiger partial charge in [-0.15, -0.1) is 0 Å². The molecule has 1 fully saturated rings. The Kier molecular flexibility index (Phi) is 7.84. The van der Waals surface area contributed by atoms with Gasteiger partial charge in [-0.3, -0.25) is 14.5 Å². The van der Waals surface area contributed by atoms with Crippen LogP contribution in [0.4, 0.5) is 5.82 Å². The van der Waals surface area contributed by atoms with Crippen molar-refractivity contribution in [1.82, 2.24) is 20.0 Å². The fraction of sp³-hybridized carbons (Fsp3) is 0.292. The number of amides is 2. The Labute approximate surface area is 207 Å². The molecule has 3 aromatic rings. The van der Waals surface area contributed by atoms with Crippen molar-refractivity contribution >= 4 is 40.8 Å². The number of rotatable bonds is 7. The van der Waals surface area contributed by atoms with Gasteiger partial charge in [0.25, 0.3) is 5.91 Å². The second kappa shape index (κ2) is 11.0. The maximum absolute atomic E-state index is 12.6. The minimum Gasteiger partial charge on any atom is -0.379 e. The van der Waals surface area contributed by atoms with Gasteiger partial charge in [0.15, 0.2) is 0 Å². The predicted octanol–water partition coefficient (Wildman–Crippen LogP) is 3.87. The molecule has 2 N–H and O–H groups in total. The van der Waals surface area contributed by atoms with Crippen LogP contribution in [-0.4, -0.2) is 65.9 Å². The van der Waals surface area contributed by atoms with Crippen LogP contribution in [-0.2, 0) is 9.53 Å². The summed E-state index contributed by atoms with van der Waals surface area (Å²) >= 11 is 12.5. The molecule has 0 aliphatic carbocycles. The van der Waals surface area contributed by atoms with Crippen LogP contribution in [0.5, 0.6) is 0 Å². The van der Waals surface area contributed by atoms with Crippen molar-refractivity contribution < 1.29 is 14.3 Å². The number of benzene rings is 2. The first-order chi connectivity index (χ1) is 16.4. The number of nitrogens with zero attached hydrogens (tertiary/aromatic N) is 3. The first-order valence-electron chi connectivity index (χ1n) is 10.9. The van der Waals surface area contributed by atoms with E-state index < -0.39 is 0 Å². The minimum absolute atomic E-state index is 0.203. The Bertz CT molecular complexity index is 1170. The molecule has 2 amide bonds. The molecule has 8 nitrogen and oxygen atoms in total. The summed E-state index contributed by atoms with van der Waals surface area (Å²) in [6, 6.07) is 14.0. The van der Waals surface area contributed by atoms with E-state index in [9.17, 15) is 9.59 Å². The van der Waals surface area contributed by atoms with Crippen LogP contribution in [0.25, 0.3) is 16.9 Å². The number of halogens is 2. The van der Waals surface area contributed by atoms with Crippen molar-refractivity contribution in [2.45, 2.75) is 6.92 Å². The molecule has 0 atom stereocenters. The first-order valence-corrected chi connectivity index (χ1v) is 11.7. The van der Waals surface area contributed by atoms with E-state index in [-0.39, 0.29) is 11.8 Å². The topological polar surface area (TPSA) is 88.5 Å². The lowest BCUT2D eigenvalue weighted by atomic mass is 10.1. The minimum atomic E-state index is -0.240. The summed E-state index contributed by atoms with van der Waals surface area (Å²) in [6.45, 7) is 5.91. The van der Waals surface area contributed by atoms with Crippen molar-refractivity contribution in [3.63, 3.8) is 0 Å². The van der Waals surface area contributed by atoms with Gasteiger partial charge >= 0.3 is 0 Å². The van der Waals surface area contributed by atoms with Gasteiger partial charge in [-0.1, -0.05) is 35.3 Å². The van der Waals surface area contributed by atoms with Crippen molar-refractivity contribution in [3.8, 4) is 16.9 Å². The molecule has 0 spiro atoms. The smallest absolute Gasteiger partial charge is 0.251 e.